The smallest absolute Gasteiger partial charge is 0.144 e. The molecule has 1 aromatic rings. The average molecular weight is 271 g/mol. The van der Waals surface area contributed by atoms with Crippen LogP contribution in [0.5, 0.6) is 0 Å². The average Bonchev–Trinajstić information content (AvgIpc) is 2.26. The Morgan fingerprint density at radius 1 is 1.39 bits per heavy atom. The summed E-state index contributed by atoms with van der Waals surface area (Å²) >= 11 is 5.95. The van der Waals surface area contributed by atoms with Crippen LogP contribution < -0.4 is 5.73 Å². The van der Waals surface area contributed by atoms with Crippen LogP contribution in [0.25, 0.3) is 0 Å². The highest BCUT2D eigenvalue weighted by atomic mass is 35.5. The fourth-order valence-electron chi connectivity index (χ4n) is 1.81. The van der Waals surface area contributed by atoms with Crippen molar-refractivity contribution in [3.05, 3.63) is 22.7 Å². The minimum atomic E-state index is 0.101. The molecule has 0 saturated carbocycles. The molecule has 0 saturated heterocycles. The van der Waals surface area contributed by atoms with Gasteiger partial charge in [-0.25, -0.2) is 9.97 Å². The van der Waals surface area contributed by atoms with Gasteiger partial charge in [0.2, 0.25) is 0 Å². The van der Waals surface area contributed by atoms with Gasteiger partial charge < -0.3 is 5.73 Å². The maximum atomic E-state index is 5.95. The number of hydrogen-bond donors (Lipinski definition) is 1. The van der Waals surface area contributed by atoms with Crippen molar-refractivity contribution in [3.63, 3.8) is 0 Å². The molecule has 4 nitrogen and oxygen atoms in total. The highest BCUT2D eigenvalue weighted by Gasteiger charge is 2.20. The van der Waals surface area contributed by atoms with Crippen molar-refractivity contribution in [1.82, 2.24) is 14.9 Å². The Morgan fingerprint density at radius 3 is 2.56 bits per heavy atom. The third-order valence-electron chi connectivity index (χ3n) is 2.89. The van der Waals surface area contributed by atoms with E-state index < -0.39 is 0 Å². The number of aryl methyl sites for hydroxylation is 1. The molecule has 0 aromatic carbocycles. The van der Waals surface area contributed by atoms with Gasteiger partial charge in [-0.3, -0.25) is 4.90 Å². The maximum absolute atomic E-state index is 5.95. The zero-order valence-corrected chi connectivity index (χ0v) is 12.5. The number of aromatic nitrogens is 2. The second-order valence-corrected chi connectivity index (χ2v) is 5.81. The lowest BCUT2D eigenvalue weighted by Crippen LogP contribution is -2.38. The normalized spacial score (nSPS) is 12.2. The van der Waals surface area contributed by atoms with E-state index in [0.717, 1.165) is 24.6 Å². The predicted octanol–water partition coefficient (Wildman–Crippen LogP) is 2.25. The Labute approximate surface area is 115 Å². The summed E-state index contributed by atoms with van der Waals surface area (Å²) in [6, 6.07) is 1.77. The van der Waals surface area contributed by atoms with Gasteiger partial charge in [-0.05, 0) is 31.5 Å². The lowest BCUT2D eigenvalue weighted by atomic mass is 9.93. The van der Waals surface area contributed by atoms with Crippen LogP contribution in [0.2, 0.25) is 5.15 Å². The zero-order valence-electron chi connectivity index (χ0n) is 11.7. The second kappa shape index (κ2) is 6.45. The summed E-state index contributed by atoms with van der Waals surface area (Å²) in [5.41, 5.74) is 6.77. The van der Waals surface area contributed by atoms with Crippen LogP contribution in [0.15, 0.2) is 6.07 Å². The van der Waals surface area contributed by atoms with Gasteiger partial charge in [0.1, 0.15) is 11.0 Å². The Hall–Kier alpha value is -0.710. The van der Waals surface area contributed by atoms with Gasteiger partial charge in [-0.2, -0.15) is 0 Å². The fourth-order valence-corrected chi connectivity index (χ4v) is 2.06. The molecule has 0 aliphatic rings. The SMILES string of the molecule is CCN(Cc1nc(C)cc(Cl)n1)CC(C)(C)CN. The van der Waals surface area contributed by atoms with Gasteiger partial charge in [0.05, 0.1) is 6.54 Å². The molecule has 1 aromatic heterocycles. The van der Waals surface area contributed by atoms with Gasteiger partial charge in [-0.15, -0.1) is 0 Å². The van der Waals surface area contributed by atoms with Gasteiger partial charge in [-0.1, -0.05) is 32.4 Å². The molecule has 1 rings (SSSR count). The largest absolute Gasteiger partial charge is 0.330 e. The molecule has 0 bridgehead atoms. The first-order chi connectivity index (χ1) is 8.36. The van der Waals surface area contributed by atoms with Crippen molar-refractivity contribution < 1.29 is 0 Å². The standard InChI is InChI=1S/C13H23ClN4/c1-5-18(9-13(3,4)8-15)7-12-16-10(2)6-11(14)17-12/h6H,5,7-9,15H2,1-4H3. The fraction of sp³-hybridized carbons (Fsp3) is 0.692. The van der Waals surface area contributed by atoms with Crippen LogP contribution in [-0.4, -0.2) is 34.5 Å². The summed E-state index contributed by atoms with van der Waals surface area (Å²) in [6.07, 6.45) is 0. The summed E-state index contributed by atoms with van der Waals surface area (Å²) in [5, 5.41) is 0.506. The van der Waals surface area contributed by atoms with Crippen molar-refractivity contribution in [3.8, 4) is 0 Å². The number of nitrogens with zero attached hydrogens (tertiary/aromatic N) is 3. The van der Waals surface area contributed by atoms with Gasteiger partial charge >= 0.3 is 0 Å². The summed E-state index contributed by atoms with van der Waals surface area (Å²) in [7, 11) is 0. The van der Waals surface area contributed by atoms with E-state index in [0.29, 0.717) is 18.2 Å². The van der Waals surface area contributed by atoms with E-state index in [-0.39, 0.29) is 5.41 Å². The molecule has 18 heavy (non-hydrogen) atoms. The minimum absolute atomic E-state index is 0.101. The minimum Gasteiger partial charge on any atom is -0.330 e. The Kier molecular flexibility index (Phi) is 5.50. The van der Waals surface area contributed by atoms with Crippen LogP contribution in [0.3, 0.4) is 0 Å². The van der Waals surface area contributed by atoms with Crippen molar-refractivity contribution in [1.29, 1.82) is 0 Å². The van der Waals surface area contributed by atoms with Crippen molar-refractivity contribution in [2.24, 2.45) is 11.1 Å². The topological polar surface area (TPSA) is 55.0 Å². The number of nitrogens with two attached hydrogens (primary N) is 1. The first-order valence-electron chi connectivity index (χ1n) is 6.29. The lowest BCUT2D eigenvalue weighted by molar-refractivity contribution is 0.180. The molecule has 0 radical (unpaired) electrons. The molecule has 1 heterocycles. The number of hydrogen-bond acceptors (Lipinski definition) is 4. The van der Waals surface area contributed by atoms with Crippen molar-refractivity contribution in [2.75, 3.05) is 19.6 Å². The lowest BCUT2D eigenvalue weighted by Gasteiger charge is -2.30. The Bertz CT molecular complexity index is 372. The molecule has 0 amide bonds. The van der Waals surface area contributed by atoms with Gasteiger partial charge in [0.15, 0.2) is 0 Å². The quantitative estimate of drug-likeness (QED) is 0.806. The second-order valence-electron chi connectivity index (χ2n) is 5.42. The summed E-state index contributed by atoms with van der Waals surface area (Å²) in [4.78, 5) is 11.0. The molecular formula is C13H23ClN4. The Morgan fingerprint density at radius 2 is 2.06 bits per heavy atom. The van der Waals surface area contributed by atoms with Crippen LogP contribution in [-0.2, 0) is 6.54 Å². The van der Waals surface area contributed by atoms with E-state index in [1.807, 2.05) is 6.92 Å². The van der Waals surface area contributed by atoms with Crippen LogP contribution in [0.4, 0.5) is 0 Å². The third kappa shape index (κ3) is 4.88. The number of halogens is 1. The first kappa shape index (κ1) is 15.3. The van der Waals surface area contributed by atoms with E-state index in [1.165, 1.54) is 0 Å². The van der Waals surface area contributed by atoms with E-state index >= 15 is 0 Å². The molecule has 0 aliphatic carbocycles. The molecule has 0 aliphatic heterocycles. The predicted molar refractivity (Wildman–Crippen MR) is 75.6 cm³/mol. The zero-order chi connectivity index (χ0) is 13.8. The molecule has 5 heteroatoms. The monoisotopic (exact) mass is 270 g/mol. The van der Waals surface area contributed by atoms with E-state index in [1.54, 1.807) is 6.07 Å². The first-order valence-corrected chi connectivity index (χ1v) is 6.66. The molecule has 0 fully saturated rings. The van der Waals surface area contributed by atoms with Crippen LogP contribution in [0, 0.1) is 12.3 Å². The van der Waals surface area contributed by atoms with E-state index in [4.69, 9.17) is 17.3 Å². The van der Waals surface area contributed by atoms with Crippen LogP contribution in [0.1, 0.15) is 32.3 Å². The molecular weight excluding hydrogens is 248 g/mol. The van der Waals surface area contributed by atoms with Crippen molar-refractivity contribution in [2.45, 2.75) is 34.2 Å². The highest BCUT2D eigenvalue weighted by molar-refractivity contribution is 6.29. The third-order valence-corrected chi connectivity index (χ3v) is 3.08. The number of rotatable bonds is 6. The summed E-state index contributed by atoms with van der Waals surface area (Å²) in [5.74, 6) is 0.773. The maximum Gasteiger partial charge on any atom is 0.144 e. The van der Waals surface area contributed by atoms with E-state index in [2.05, 4.69) is 35.6 Å². The molecule has 2 N–H and O–H groups in total. The summed E-state index contributed by atoms with van der Waals surface area (Å²) < 4.78 is 0. The summed E-state index contributed by atoms with van der Waals surface area (Å²) in [6.45, 7) is 11.6. The molecule has 0 spiro atoms. The van der Waals surface area contributed by atoms with Crippen LogP contribution >= 0.6 is 11.6 Å². The van der Waals surface area contributed by atoms with Gasteiger partial charge in [0.25, 0.3) is 0 Å². The molecule has 0 unspecified atom stereocenters. The highest BCUT2D eigenvalue weighted by Crippen LogP contribution is 2.16. The van der Waals surface area contributed by atoms with Gasteiger partial charge in [0, 0.05) is 12.2 Å². The Balaban J connectivity index is 2.73. The van der Waals surface area contributed by atoms with E-state index in [9.17, 15) is 0 Å². The van der Waals surface area contributed by atoms with Crippen molar-refractivity contribution >= 4 is 11.6 Å². The molecule has 0 atom stereocenters. The molecule has 102 valence electrons.